The van der Waals surface area contributed by atoms with E-state index in [1.807, 2.05) is 0 Å². The summed E-state index contributed by atoms with van der Waals surface area (Å²) in [7, 11) is 8.98. The van der Waals surface area contributed by atoms with Crippen LogP contribution in [0.15, 0.2) is 0 Å². The molecule has 0 aliphatic carbocycles. The molecule has 0 saturated heterocycles. The topological polar surface area (TPSA) is 13.0 Å². The molecule has 0 heterocycles. The molecule has 0 aromatic carbocycles. The first-order valence-corrected chi connectivity index (χ1v) is 9.75. The summed E-state index contributed by atoms with van der Waals surface area (Å²) in [5.74, 6) is 0. The molecule has 0 amide bonds. The molecule has 24 heavy (non-hydrogen) atoms. The monoisotopic (exact) mass is 342 g/mol. The highest BCUT2D eigenvalue weighted by Gasteiger charge is 2.21. The van der Waals surface area contributed by atoms with E-state index in [-0.39, 0.29) is 0 Å². The summed E-state index contributed by atoms with van der Waals surface area (Å²) in [4.78, 5) is 9.88. The zero-order valence-electron chi connectivity index (χ0n) is 18.4. The van der Waals surface area contributed by atoms with E-state index in [4.69, 9.17) is 0 Å². The van der Waals surface area contributed by atoms with E-state index in [1.165, 1.54) is 12.8 Å². The van der Waals surface area contributed by atoms with Crippen LogP contribution in [0.4, 0.5) is 0 Å². The summed E-state index contributed by atoms with van der Waals surface area (Å²) in [5.41, 5.74) is 0.600. The van der Waals surface area contributed by atoms with Gasteiger partial charge in [0, 0.05) is 50.3 Å². The second-order valence-corrected chi connectivity index (χ2v) is 8.78. The molecule has 4 heteroatoms. The van der Waals surface area contributed by atoms with E-state index < -0.39 is 0 Å². The number of likely N-dealkylation sites (N-methyl/N-ethyl adjacent to an activating group) is 4. The molecule has 0 unspecified atom stereocenters. The van der Waals surface area contributed by atoms with Crippen LogP contribution in [0.2, 0.25) is 0 Å². The van der Waals surface area contributed by atoms with Crippen LogP contribution < -0.4 is 0 Å². The van der Waals surface area contributed by atoms with Gasteiger partial charge in [0.1, 0.15) is 0 Å². The molecule has 0 radical (unpaired) electrons. The Kier molecular flexibility index (Phi) is 10.7. The van der Waals surface area contributed by atoms with Crippen LogP contribution in [0.5, 0.6) is 0 Å². The number of hydrogen-bond acceptors (Lipinski definition) is 4. The Bertz CT molecular complexity index is 296. The minimum Gasteiger partial charge on any atom is -0.304 e. The second kappa shape index (κ2) is 10.7. The van der Waals surface area contributed by atoms with Crippen LogP contribution in [-0.4, -0.2) is 98.1 Å². The Morgan fingerprint density at radius 2 is 0.750 bits per heavy atom. The zero-order chi connectivity index (χ0) is 19.0. The lowest BCUT2D eigenvalue weighted by Gasteiger charge is -2.36. The van der Waals surface area contributed by atoms with Crippen molar-refractivity contribution in [3.63, 3.8) is 0 Å². The Hall–Kier alpha value is -0.160. The maximum atomic E-state index is 2.48. The SMILES string of the molecule is CCC(C)(C)N(C)CCN(C)CCN(C)CCN(C)C(C)(C)CC. The van der Waals surface area contributed by atoms with Crippen molar-refractivity contribution >= 4 is 0 Å². The van der Waals surface area contributed by atoms with Crippen molar-refractivity contribution < 1.29 is 0 Å². The fraction of sp³-hybridized carbons (Fsp3) is 1.00. The maximum Gasteiger partial charge on any atom is 0.0148 e. The van der Waals surface area contributed by atoms with Crippen molar-refractivity contribution in [2.45, 2.75) is 65.5 Å². The molecule has 4 nitrogen and oxygen atoms in total. The summed E-state index contributed by atoms with van der Waals surface area (Å²) < 4.78 is 0. The molecule has 0 aromatic heterocycles. The summed E-state index contributed by atoms with van der Waals surface area (Å²) in [6.45, 7) is 20.7. The Labute approximate surface area is 153 Å². The number of rotatable bonds is 13. The Morgan fingerprint density at radius 1 is 0.500 bits per heavy atom. The molecule has 0 rings (SSSR count). The maximum absolute atomic E-state index is 2.48. The Morgan fingerprint density at radius 3 is 1.00 bits per heavy atom. The van der Waals surface area contributed by atoms with Crippen molar-refractivity contribution in [3.05, 3.63) is 0 Å². The summed E-state index contributed by atoms with van der Waals surface area (Å²) >= 11 is 0. The van der Waals surface area contributed by atoms with Gasteiger partial charge in [-0.2, -0.15) is 0 Å². The molecule has 0 fully saturated rings. The van der Waals surface area contributed by atoms with Gasteiger partial charge in [-0.15, -0.1) is 0 Å². The zero-order valence-corrected chi connectivity index (χ0v) is 18.4. The molecule has 0 atom stereocenters. The van der Waals surface area contributed by atoms with Crippen LogP contribution in [0.3, 0.4) is 0 Å². The minimum atomic E-state index is 0.300. The highest BCUT2D eigenvalue weighted by atomic mass is 15.2. The highest BCUT2D eigenvalue weighted by molar-refractivity contribution is 4.79. The average Bonchev–Trinajstić information content (AvgIpc) is 2.54. The molecule has 0 N–H and O–H groups in total. The van der Waals surface area contributed by atoms with Crippen molar-refractivity contribution in [1.29, 1.82) is 0 Å². The van der Waals surface area contributed by atoms with Gasteiger partial charge in [0.15, 0.2) is 0 Å². The van der Waals surface area contributed by atoms with Crippen LogP contribution in [-0.2, 0) is 0 Å². The summed E-state index contributed by atoms with van der Waals surface area (Å²) in [6, 6.07) is 0. The molecular formula is C20H46N4. The predicted molar refractivity (Wildman–Crippen MR) is 109 cm³/mol. The van der Waals surface area contributed by atoms with Gasteiger partial charge in [0.05, 0.1) is 0 Å². The normalized spacial score (nSPS) is 13.8. The van der Waals surface area contributed by atoms with Gasteiger partial charge in [0.25, 0.3) is 0 Å². The van der Waals surface area contributed by atoms with Crippen LogP contribution >= 0.6 is 0 Å². The molecule has 0 aliphatic heterocycles. The van der Waals surface area contributed by atoms with Crippen molar-refractivity contribution in [2.24, 2.45) is 0 Å². The van der Waals surface area contributed by atoms with Gasteiger partial charge >= 0.3 is 0 Å². The van der Waals surface area contributed by atoms with E-state index in [9.17, 15) is 0 Å². The van der Waals surface area contributed by atoms with Crippen LogP contribution in [0.25, 0.3) is 0 Å². The van der Waals surface area contributed by atoms with Gasteiger partial charge < -0.3 is 9.80 Å². The molecule has 0 bridgehead atoms. The highest BCUT2D eigenvalue weighted by Crippen LogP contribution is 2.16. The van der Waals surface area contributed by atoms with E-state index in [0.29, 0.717) is 11.1 Å². The summed E-state index contributed by atoms with van der Waals surface area (Å²) in [6.07, 6.45) is 2.38. The lowest BCUT2D eigenvalue weighted by molar-refractivity contribution is 0.122. The lowest BCUT2D eigenvalue weighted by atomic mass is 10.0. The molecule has 0 aliphatic rings. The van der Waals surface area contributed by atoms with Crippen molar-refractivity contribution in [2.75, 3.05) is 67.5 Å². The van der Waals surface area contributed by atoms with Crippen LogP contribution in [0.1, 0.15) is 54.4 Å². The standard InChI is InChI=1S/C20H46N4/c1-11-19(3,4)23(9)17-15-21(7)13-14-22(8)16-18-24(10)20(5,6)12-2/h11-18H2,1-10H3. The number of hydrogen-bond donors (Lipinski definition) is 0. The van der Waals surface area contributed by atoms with Gasteiger partial charge in [-0.25, -0.2) is 0 Å². The molecular weight excluding hydrogens is 296 g/mol. The van der Waals surface area contributed by atoms with Gasteiger partial charge in [0.2, 0.25) is 0 Å². The van der Waals surface area contributed by atoms with Gasteiger partial charge in [-0.3, -0.25) is 9.80 Å². The molecule has 146 valence electrons. The molecule has 0 spiro atoms. The lowest BCUT2D eigenvalue weighted by Crippen LogP contribution is -2.46. The van der Waals surface area contributed by atoms with Crippen LogP contribution in [0, 0.1) is 0 Å². The Balaban J connectivity index is 4.00. The van der Waals surface area contributed by atoms with E-state index in [1.54, 1.807) is 0 Å². The third kappa shape index (κ3) is 8.80. The minimum absolute atomic E-state index is 0.300. The third-order valence-corrected chi connectivity index (χ3v) is 6.29. The summed E-state index contributed by atoms with van der Waals surface area (Å²) in [5, 5.41) is 0. The first kappa shape index (κ1) is 23.8. The largest absolute Gasteiger partial charge is 0.304 e. The fourth-order valence-electron chi connectivity index (χ4n) is 2.35. The van der Waals surface area contributed by atoms with E-state index in [0.717, 1.165) is 39.3 Å². The van der Waals surface area contributed by atoms with E-state index >= 15 is 0 Å². The van der Waals surface area contributed by atoms with Gasteiger partial charge in [-0.05, 0) is 68.7 Å². The quantitative estimate of drug-likeness (QED) is 0.510. The average molecular weight is 343 g/mol. The molecule has 0 saturated carbocycles. The smallest absolute Gasteiger partial charge is 0.0148 e. The molecule has 0 aromatic rings. The number of nitrogens with zero attached hydrogens (tertiary/aromatic N) is 4. The third-order valence-electron chi connectivity index (χ3n) is 6.29. The first-order chi connectivity index (χ1) is 11.0. The van der Waals surface area contributed by atoms with Crippen molar-refractivity contribution in [3.8, 4) is 0 Å². The van der Waals surface area contributed by atoms with Gasteiger partial charge in [-0.1, -0.05) is 13.8 Å². The van der Waals surface area contributed by atoms with Crippen molar-refractivity contribution in [1.82, 2.24) is 19.6 Å². The second-order valence-electron chi connectivity index (χ2n) is 8.78. The first-order valence-electron chi connectivity index (χ1n) is 9.75. The fourth-order valence-corrected chi connectivity index (χ4v) is 2.35. The van der Waals surface area contributed by atoms with E-state index in [2.05, 4.69) is 89.3 Å². The predicted octanol–water partition coefficient (Wildman–Crippen LogP) is 3.09.